The van der Waals surface area contributed by atoms with Gasteiger partial charge in [-0.3, -0.25) is 4.79 Å². The normalized spacial score (nSPS) is 17.7. The summed E-state index contributed by atoms with van der Waals surface area (Å²) in [4.78, 5) is 14.5. The first-order valence-electron chi connectivity index (χ1n) is 10.0. The van der Waals surface area contributed by atoms with Crippen molar-refractivity contribution < 1.29 is 17.7 Å². The molecule has 1 aliphatic heterocycles. The number of sulfonamides is 1. The van der Waals surface area contributed by atoms with Gasteiger partial charge in [0, 0.05) is 51.0 Å². The largest absolute Gasteiger partial charge is 0.383 e. The minimum Gasteiger partial charge on any atom is -0.383 e. The molecular formula is C21H27ClN4O4S. The summed E-state index contributed by atoms with van der Waals surface area (Å²) < 4.78 is 33.3. The second-order valence-electron chi connectivity index (χ2n) is 7.79. The number of benzene rings is 1. The molecular weight excluding hydrogens is 440 g/mol. The van der Waals surface area contributed by atoms with Gasteiger partial charge in [0.2, 0.25) is 15.9 Å². The molecule has 3 rings (SSSR count). The summed E-state index contributed by atoms with van der Waals surface area (Å²) in [6, 6.07) is 7.22. The Morgan fingerprint density at radius 1 is 1.35 bits per heavy atom. The van der Waals surface area contributed by atoms with Crippen LogP contribution in [0.2, 0.25) is 5.02 Å². The van der Waals surface area contributed by atoms with Crippen molar-refractivity contribution in [2.45, 2.75) is 31.2 Å². The molecule has 1 aliphatic rings. The Hall–Kier alpha value is -2.36. The fraction of sp³-hybridized carbons (Fsp3) is 0.429. The third-order valence-corrected chi connectivity index (χ3v) is 7.37. The number of aryl methyl sites for hydroxylation is 1. The van der Waals surface area contributed by atoms with E-state index in [0.29, 0.717) is 36.6 Å². The van der Waals surface area contributed by atoms with Crippen LogP contribution in [0.3, 0.4) is 0 Å². The lowest BCUT2D eigenvalue weighted by Crippen LogP contribution is -2.45. The van der Waals surface area contributed by atoms with Gasteiger partial charge in [-0.15, -0.1) is 0 Å². The number of rotatable bonds is 7. The van der Waals surface area contributed by atoms with Gasteiger partial charge < -0.3 is 14.7 Å². The zero-order valence-electron chi connectivity index (χ0n) is 17.8. The Morgan fingerprint density at radius 3 is 2.74 bits per heavy atom. The fourth-order valence-corrected chi connectivity index (χ4v) is 5.36. The molecule has 0 radical (unpaired) electrons. The summed E-state index contributed by atoms with van der Waals surface area (Å²) in [6.07, 6.45) is 4.51. The quantitative estimate of drug-likeness (QED) is 0.674. The first-order valence-corrected chi connectivity index (χ1v) is 11.8. The zero-order chi connectivity index (χ0) is 22.6. The van der Waals surface area contributed by atoms with Crippen LogP contribution in [0.15, 0.2) is 39.9 Å². The van der Waals surface area contributed by atoms with Crippen molar-refractivity contribution in [2.24, 2.45) is 5.92 Å². The lowest BCUT2D eigenvalue weighted by atomic mass is 9.99. The maximum absolute atomic E-state index is 13.3. The highest BCUT2D eigenvalue weighted by atomic mass is 35.5. The zero-order valence-corrected chi connectivity index (χ0v) is 19.4. The number of halogens is 1. The molecule has 1 N–H and O–H groups in total. The van der Waals surface area contributed by atoms with Crippen molar-refractivity contribution in [3.05, 3.63) is 52.5 Å². The molecule has 0 unspecified atom stereocenters. The van der Waals surface area contributed by atoms with Gasteiger partial charge in [0.05, 0.1) is 5.92 Å². The number of hydrogen-bond donors (Lipinski definition) is 1. The molecule has 1 saturated heterocycles. The predicted octanol–water partition coefficient (Wildman–Crippen LogP) is 2.89. The maximum atomic E-state index is 13.3. The van der Waals surface area contributed by atoms with Crippen LogP contribution in [0.25, 0.3) is 6.08 Å². The summed E-state index contributed by atoms with van der Waals surface area (Å²) >= 11 is 5.89. The maximum Gasteiger partial charge on any atom is 0.248 e. The van der Waals surface area contributed by atoms with Crippen LogP contribution in [0.5, 0.6) is 0 Å². The Balaban J connectivity index is 1.71. The topological polar surface area (TPSA) is 95.8 Å². The average Bonchev–Trinajstić information content (AvgIpc) is 3.13. The van der Waals surface area contributed by atoms with Crippen LogP contribution in [-0.2, 0) is 21.4 Å². The second-order valence-corrected chi connectivity index (χ2v) is 10.1. The minimum atomic E-state index is -3.85. The van der Waals surface area contributed by atoms with E-state index in [2.05, 4.69) is 10.5 Å². The molecule has 0 aliphatic carbocycles. The molecule has 0 saturated carbocycles. The van der Waals surface area contributed by atoms with Gasteiger partial charge in [-0.1, -0.05) is 28.9 Å². The molecule has 1 atom stereocenters. The lowest BCUT2D eigenvalue weighted by Gasteiger charge is -2.31. The molecule has 8 nitrogen and oxygen atoms in total. The van der Waals surface area contributed by atoms with E-state index in [1.807, 2.05) is 26.2 Å². The third kappa shape index (κ3) is 5.66. The van der Waals surface area contributed by atoms with Crippen LogP contribution in [0.1, 0.15) is 29.9 Å². The molecule has 2 heterocycles. The summed E-state index contributed by atoms with van der Waals surface area (Å²) in [5, 5.41) is 7.37. The number of amides is 1. The van der Waals surface area contributed by atoms with Gasteiger partial charge in [0.15, 0.2) is 10.7 Å². The number of carbonyl (C=O) groups excluding carboxylic acids is 1. The van der Waals surface area contributed by atoms with Gasteiger partial charge in [0.25, 0.3) is 0 Å². The van der Waals surface area contributed by atoms with Gasteiger partial charge in [-0.2, -0.15) is 4.31 Å². The second kappa shape index (κ2) is 9.84. The molecule has 0 bridgehead atoms. The standard InChI is InChI=1S/C21H27ClN4O4S/c1-15-20(19(30-24-15)10-12-25(2)3)31(28,29)26-11-4-5-17(14-26)21(27)23-13-16-6-8-18(22)9-7-16/h6-10,12,17H,4-5,11,13-14H2,1-3H3,(H,23,27)/b12-10+/t17-/m1/s1. The first kappa shape index (κ1) is 23.3. The average molecular weight is 467 g/mol. The number of aromatic nitrogens is 1. The molecule has 1 amide bonds. The minimum absolute atomic E-state index is 0.0489. The number of hydrogen-bond acceptors (Lipinski definition) is 6. The molecule has 1 aromatic carbocycles. The number of carbonyl (C=O) groups is 1. The SMILES string of the molecule is Cc1noc(/C=C/N(C)C)c1S(=O)(=O)N1CCC[C@@H](C(=O)NCc2ccc(Cl)cc2)C1. The van der Waals surface area contributed by atoms with Crippen molar-refractivity contribution >= 4 is 33.6 Å². The van der Waals surface area contributed by atoms with E-state index in [1.165, 1.54) is 4.31 Å². The summed E-state index contributed by atoms with van der Waals surface area (Å²) in [5.74, 6) is -0.401. The Kier molecular flexibility index (Phi) is 7.40. The molecule has 2 aromatic rings. The highest BCUT2D eigenvalue weighted by Gasteiger charge is 2.36. The lowest BCUT2D eigenvalue weighted by molar-refractivity contribution is -0.126. The summed E-state index contributed by atoms with van der Waals surface area (Å²) in [6.45, 7) is 2.44. The van der Waals surface area contributed by atoms with Crippen LogP contribution in [0, 0.1) is 12.8 Å². The number of nitrogens with one attached hydrogen (secondary N) is 1. The van der Waals surface area contributed by atoms with Crippen molar-refractivity contribution in [3.63, 3.8) is 0 Å². The molecule has 31 heavy (non-hydrogen) atoms. The van der Waals surface area contributed by atoms with Crippen LogP contribution in [0.4, 0.5) is 0 Å². The summed E-state index contributed by atoms with van der Waals surface area (Å²) in [7, 11) is -0.203. The molecule has 1 aromatic heterocycles. The number of piperidine rings is 1. The monoisotopic (exact) mass is 466 g/mol. The summed E-state index contributed by atoms with van der Waals surface area (Å²) in [5.41, 5.74) is 1.23. The molecule has 1 fully saturated rings. The smallest absolute Gasteiger partial charge is 0.248 e. The first-order chi connectivity index (χ1) is 14.7. The molecule has 0 spiro atoms. The predicted molar refractivity (Wildman–Crippen MR) is 119 cm³/mol. The van der Waals surface area contributed by atoms with E-state index in [1.54, 1.807) is 36.2 Å². The van der Waals surface area contributed by atoms with E-state index in [4.69, 9.17) is 16.1 Å². The van der Waals surface area contributed by atoms with Crippen molar-refractivity contribution in [3.8, 4) is 0 Å². The van der Waals surface area contributed by atoms with Crippen molar-refractivity contribution in [1.29, 1.82) is 0 Å². The highest BCUT2D eigenvalue weighted by molar-refractivity contribution is 7.89. The van der Waals surface area contributed by atoms with Gasteiger partial charge in [-0.25, -0.2) is 8.42 Å². The van der Waals surface area contributed by atoms with E-state index < -0.39 is 15.9 Å². The van der Waals surface area contributed by atoms with Crippen LogP contribution < -0.4 is 5.32 Å². The van der Waals surface area contributed by atoms with E-state index in [9.17, 15) is 13.2 Å². The van der Waals surface area contributed by atoms with E-state index >= 15 is 0 Å². The highest BCUT2D eigenvalue weighted by Crippen LogP contribution is 2.29. The van der Waals surface area contributed by atoms with Crippen molar-refractivity contribution in [1.82, 2.24) is 19.7 Å². The van der Waals surface area contributed by atoms with Gasteiger partial charge in [-0.05, 0) is 37.5 Å². The molecule has 168 valence electrons. The van der Waals surface area contributed by atoms with Crippen molar-refractivity contribution in [2.75, 3.05) is 27.2 Å². The Bertz CT molecular complexity index is 1050. The number of nitrogens with zero attached hydrogens (tertiary/aromatic N) is 3. The van der Waals surface area contributed by atoms with Crippen LogP contribution in [-0.4, -0.2) is 55.9 Å². The molecule has 10 heteroatoms. The van der Waals surface area contributed by atoms with Crippen LogP contribution >= 0.6 is 11.6 Å². The Morgan fingerprint density at radius 2 is 2.06 bits per heavy atom. The Labute approximate surface area is 187 Å². The van der Waals surface area contributed by atoms with E-state index in [0.717, 1.165) is 5.56 Å². The third-order valence-electron chi connectivity index (χ3n) is 5.09. The fourth-order valence-electron chi connectivity index (χ4n) is 3.46. The van der Waals surface area contributed by atoms with E-state index in [-0.39, 0.29) is 23.1 Å². The van der Waals surface area contributed by atoms with Gasteiger partial charge >= 0.3 is 0 Å². The van der Waals surface area contributed by atoms with Gasteiger partial charge in [0.1, 0.15) is 5.69 Å².